The van der Waals surface area contributed by atoms with Crippen molar-refractivity contribution in [3.05, 3.63) is 47.1 Å². The molecule has 2 aromatic heterocycles. The van der Waals surface area contributed by atoms with Crippen molar-refractivity contribution in [3.8, 4) is 5.75 Å². The highest BCUT2D eigenvalue weighted by atomic mass is 32.3. The number of β-lactam (4-membered cyclic amide) rings is 1. The second-order valence-corrected chi connectivity index (χ2v) is 12.2. The molecule has 0 saturated carbocycles. The summed E-state index contributed by atoms with van der Waals surface area (Å²) in [5, 5.41) is 16.2. The Morgan fingerprint density at radius 2 is 1.98 bits per heavy atom. The van der Waals surface area contributed by atoms with Crippen LogP contribution >= 0.6 is 11.3 Å². The summed E-state index contributed by atoms with van der Waals surface area (Å²) < 4.78 is 41.1. The number of ketones is 1. The number of thiazole rings is 1. The van der Waals surface area contributed by atoms with Crippen LogP contribution < -0.4 is 16.2 Å². The number of aryl methyl sites for hydroxylation is 1. The van der Waals surface area contributed by atoms with Gasteiger partial charge in [0.15, 0.2) is 16.6 Å². The summed E-state index contributed by atoms with van der Waals surface area (Å²) in [7, 11) is -4.99. The van der Waals surface area contributed by atoms with Gasteiger partial charge in [-0.2, -0.15) is 13.5 Å². The highest BCUT2D eigenvalue weighted by Gasteiger charge is 2.57. The van der Waals surface area contributed by atoms with Crippen LogP contribution in [0.1, 0.15) is 38.1 Å². The summed E-state index contributed by atoms with van der Waals surface area (Å²) in [6.45, 7) is 2.92. The van der Waals surface area contributed by atoms with Crippen LogP contribution in [-0.4, -0.2) is 81.3 Å². The van der Waals surface area contributed by atoms with Crippen LogP contribution in [-0.2, 0) is 40.3 Å². The van der Waals surface area contributed by atoms with Crippen LogP contribution in [0.5, 0.6) is 5.75 Å². The van der Waals surface area contributed by atoms with Gasteiger partial charge in [0, 0.05) is 22.9 Å². The number of carbonyl (C=O) groups excluding carboxylic acids is 2. The molecule has 236 valence electrons. The van der Waals surface area contributed by atoms with Crippen LogP contribution in [0.4, 0.5) is 5.13 Å². The van der Waals surface area contributed by atoms with Crippen LogP contribution in [0.3, 0.4) is 0 Å². The zero-order chi connectivity index (χ0) is 32.2. The number of benzene rings is 1. The first kappa shape index (κ1) is 32.7. The number of nitrogens with zero attached hydrogens (tertiary/aromatic N) is 4. The zero-order valence-electron chi connectivity index (χ0n) is 23.6. The molecule has 1 saturated heterocycles. The van der Waals surface area contributed by atoms with Gasteiger partial charge in [-0.15, -0.1) is 15.6 Å². The molecule has 0 radical (unpaired) electrons. The fraction of sp³-hybridized carbons (Fsp3) is 0.385. The van der Waals surface area contributed by atoms with Crippen molar-refractivity contribution in [2.45, 2.75) is 44.8 Å². The lowest BCUT2D eigenvalue weighted by atomic mass is 9.74. The Morgan fingerprint density at radius 1 is 1.23 bits per heavy atom. The second kappa shape index (κ2) is 13.2. The number of hydrogen-bond acceptors (Lipinski definition) is 14. The fourth-order valence-electron chi connectivity index (χ4n) is 4.38. The Labute approximate surface area is 255 Å². The summed E-state index contributed by atoms with van der Waals surface area (Å²) >= 11 is 0.986. The molecule has 0 bridgehead atoms. The molecule has 4 rings (SSSR count). The highest BCUT2D eigenvalue weighted by Crippen LogP contribution is 2.40. The van der Waals surface area contributed by atoms with Crippen molar-refractivity contribution in [1.82, 2.24) is 15.0 Å². The SMILES string of the molecule is CC1(C)[C@H](CC(=O)/C(=N\O[C@@H](COc2ccc3nc(CCCN)ccc3c2)C(=O)O)c2csc(N)n2)C(=O)N1OS(=O)(=O)O. The molecule has 18 heteroatoms. The van der Waals surface area contributed by atoms with Gasteiger partial charge >= 0.3 is 16.4 Å². The van der Waals surface area contributed by atoms with E-state index in [9.17, 15) is 27.9 Å². The third kappa shape index (κ3) is 7.64. The number of hydrogen-bond donors (Lipinski definition) is 4. The molecule has 1 aliphatic heterocycles. The van der Waals surface area contributed by atoms with E-state index in [2.05, 4.69) is 19.4 Å². The number of rotatable bonds is 15. The number of anilines is 1. The molecule has 6 N–H and O–H groups in total. The first-order valence-electron chi connectivity index (χ1n) is 13.1. The summed E-state index contributed by atoms with van der Waals surface area (Å²) in [4.78, 5) is 51.6. The lowest BCUT2D eigenvalue weighted by Gasteiger charge is -2.50. The van der Waals surface area contributed by atoms with E-state index in [0.29, 0.717) is 17.4 Å². The normalized spacial score (nSPS) is 17.3. The molecular formula is C26H30N6O10S2. The van der Waals surface area contributed by atoms with E-state index >= 15 is 0 Å². The van der Waals surface area contributed by atoms with Gasteiger partial charge in [0.2, 0.25) is 0 Å². The van der Waals surface area contributed by atoms with Crippen molar-refractivity contribution in [1.29, 1.82) is 0 Å². The van der Waals surface area contributed by atoms with Gasteiger partial charge in [0.1, 0.15) is 18.1 Å². The average Bonchev–Trinajstić information content (AvgIpc) is 3.39. The molecule has 3 heterocycles. The third-order valence-electron chi connectivity index (χ3n) is 6.76. The Morgan fingerprint density at radius 3 is 2.59 bits per heavy atom. The maximum atomic E-state index is 13.3. The first-order chi connectivity index (χ1) is 20.7. The summed E-state index contributed by atoms with van der Waals surface area (Å²) in [6.07, 6.45) is -0.592. The van der Waals surface area contributed by atoms with Gasteiger partial charge in [-0.3, -0.25) is 19.1 Å². The summed E-state index contributed by atoms with van der Waals surface area (Å²) in [6, 6.07) is 8.80. The number of aliphatic carboxylic acids is 1. The maximum Gasteiger partial charge on any atom is 0.418 e. The molecule has 2 atom stereocenters. The van der Waals surface area contributed by atoms with Gasteiger partial charge in [0.05, 0.1) is 17.0 Å². The smallest absolute Gasteiger partial charge is 0.418 e. The second-order valence-electron chi connectivity index (χ2n) is 10.3. The maximum absolute atomic E-state index is 13.3. The lowest BCUT2D eigenvalue weighted by Crippen LogP contribution is -2.68. The van der Waals surface area contributed by atoms with E-state index in [1.807, 2.05) is 12.1 Å². The number of pyridine rings is 1. The quantitative estimate of drug-likeness (QED) is 0.0785. The number of nitrogen functional groups attached to an aromatic ring is 1. The zero-order valence-corrected chi connectivity index (χ0v) is 25.2. The number of carboxylic acids is 1. The molecule has 0 aliphatic carbocycles. The third-order valence-corrected chi connectivity index (χ3v) is 7.78. The van der Waals surface area contributed by atoms with Crippen molar-refractivity contribution in [3.63, 3.8) is 0 Å². The van der Waals surface area contributed by atoms with Gasteiger partial charge in [0.25, 0.3) is 12.0 Å². The number of nitrogens with two attached hydrogens (primary N) is 2. The summed E-state index contributed by atoms with van der Waals surface area (Å²) in [5.74, 6) is -3.81. The Hall–Kier alpha value is -4.23. The van der Waals surface area contributed by atoms with E-state index < -0.39 is 64.4 Å². The number of hydroxylamine groups is 2. The topological polar surface area (TPSA) is 247 Å². The largest absolute Gasteiger partial charge is 0.489 e. The fourth-order valence-corrected chi connectivity index (χ4v) is 5.38. The monoisotopic (exact) mass is 650 g/mol. The Kier molecular flexibility index (Phi) is 9.79. The molecule has 3 aromatic rings. The molecule has 0 unspecified atom stereocenters. The van der Waals surface area contributed by atoms with E-state index in [4.69, 9.17) is 25.6 Å². The lowest BCUT2D eigenvalue weighted by molar-refractivity contribution is -0.228. The number of Topliss-reactive ketones (excluding diaryl/α,β-unsaturated/α-hetero) is 1. The van der Waals surface area contributed by atoms with Gasteiger partial charge in [-0.05, 0) is 57.5 Å². The molecule has 44 heavy (non-hydrogen) atoms. The van der Waals surface area contributed by atoms with Gasteiger partial charge < -0.3 is 26.1 Å². The van der Waals surface area contributed by atoms with Gasteiger partial charge in [-0.1, -0.05) is 11.2 Å². The predicted molar refractivity (Wildman–Crippen MR) is 157 cm³/mol. The molecule has 16 nitrogen and oxygen atoms in total. The number of carboxylic acid groups (broad SMARTS) is 1. The Bertz CT molecular complexity index is 1710. The van der Waals surface area contributed by atoms with Crippen molar-refractivity contribution < 1.29 is 46.3 Å². The number of carbonyl (C=O) groups is 3. The van der Waals surface area contributed by atoms with Crippen molar-refractivity contribution in [2.75, 3.05) is 18.9 Å². The van der Waals surface area contributed by atoms with Crippen LogP contribution in [0.25, 0.3) is 10.9 Å². The number of fused-ring (bicyclic) bond motifs is 1. The Balaban J connectivity index is 1.48. The van der Waals surface area contributed by atoms with E-state index in [-0.39, 0.29) is 10.8 Å². The van der Waals surface area contributed by atoms with E-state index in [0.717, 1.165) is 40.8 Å². The van der Waals surface area contributed by atoms with Crippen LogP contribution in [0.2, 0.25) is 0 Å². The van der Waals surface area contributed by atoms with Crippen molar-refractivity contribution in [2.24, 2.45) is 16.8 Å². The van der Waals surface area contributed by atoms with E-state index in [1.165, 1.54) is 19.2 Å². The summed E-state index contributed by atoms with van der Waals surface area (Å²) in [5.41, 5.74) is 11.1. The number of amides is 1. The van der Waals surface area contributed by atoms with Gasteiger partial charge in [-0.25, -0.2) is 9.78 Å². The number of ether oxygens (including phenoxy) is 1. The molecule has 0 spiro atoms. The average molecular weight is 651 g/mol. The highest BCUT2D eigenvalue weighted by molar-refractivity contribution is 7.80. The molecular weight excluding hydrogens is 620 g/mol. The minimum atomic E-state index is -4.99. The number of oxime groups is 1. The van der Waals surface area contributed by atoms with Crippen molar-refractivity contribution >= 4 is 61.1 Å². The minimum absolute atomic E-state index is 0.0222. The minimum Gasteiger partial charge on any atom is -0.489 e. The molecule has 1 fully saturated rings. The van der Waals surface area contributed by atoms with E-state index in [1.54, 1.807) is 18.2 Å². The first-order valence-corrected chi connectivity index (χ1v) is 15.4. The standard InChI is InChI=1S/C26H30N6O10S2/c1-26(2)17(23(34)32(26)42-44(37,38)39)11-20(33)22(19-13-43-25(28)30-19)31-41-21(24(35)36)12-40-16-7-8-18-14(10-16)5-6-15(29-18)4-3-9-27/h5-8,10,13,17,21H,3-4,9,11-12,27H2,1-2H3,(H2,28,30)(H,35,36)(H,37,38,39)/b31-22-/t17-,21+/m1/s1. The van der Waals surface area contributed by atoms with Crippen LogP contribution in [0.15, 0.2) is 40.9 Å². The van der Waals surface area contributed by atoms with Crippen LogP contribution in [0, 0.1) is 5.92 Å². The molecule has 1 amide bonds. The molecule has 1 aliphatic rings. The predicted octanol–water partition coefficient (Wildman–Crippen LogP) is 1.35. The number of aromatic nitrogens is 2. The molecule has 1 aromatic carbocycles.